The highest BCUT2D eigenvalue weighted by molar-refractivity contribution is 7.98. The molecule has 3 rings (SSSR count). The molecule has 0 spiro atoms. The first-order valence-electron chi connectivity index (χ1n) is 7.02. The molecule has 0 aliphatic carbocycles. The van der Waals surface area contributed by atoms with Crippen molar-refractivity contribution in [2.75, 3.05) is 11.5 Å². The van der Waals surface area contributed by atoms with Crippen LogP contribution < -0.4 is 0 Å². The fourth-order valence-corrected chi connectivity index (χ4v) is 5.50. The summed E-state index contributed by atoms with van der Waals surface area (Å²) in [6.07, 6.45) is 0.617. The predicted octanol–water partition coefficient (Wildman–Crippen LogP) is 3.32. The molecule has 9 heteroatoms. The van der Waals surface area contributed by atoms with Crippen LogP contribution in [0.15, 0.2) is 23.4 Å². The van der Waals surface area contributed by atoms with E-state index in [0.29, 0.717) is 22.2 Å². The molecule has 2 heterocycles. The van der Waals surface area contributed by atoms with Gasteiger partial charge in [0.25, 0.3) is 0 Å². The first-order chi connectivity index (χ1) is 10.9. The van der Waals surface area contributed by atoms with Crippen molar-refractivity contribution in [2.45, 2.75) is 23.2 Å². The van der Waals surface area contributed by atoms with Crippen LogP contribution in [-0.2, 0) is 22.6 Å². The smallest absolute Gasteiger partial charge is 0.191 e. The maximum absolute atomic E-state index is 11.6. The van der Waals surface area contributed by atoms with E-state index in [1.54, 1.807) is 6.07 Å². The molecule has 0 amide bonds. The van der Waals surface area contributed by atoms with Gasteiger partial charge >= 0.3 is 0 Å². The standard InChI is InChI=1S/C14H15Cl2N3O2S2/c1-19-13(10-4-5-23(20,21)8-10)17-18-14(19)22-7-9-2-3-11(15)12(16)6-9/h2-3,6,10H,4-5,7-8H2,1H3. The Bertz CT molecular complexity index is 837. The Morgan fingerprint density at radius 1 is 1.30 bits per heavy atom. The molecule has 1 aliphatic rings. The molecule has 1 saturated heterocycles. The summed E-state index contributed by atoms with van der Waals surface area (Å²) < 4.78 is 25.1. The molecule has 1 fully saturated rings. The highest BCUT2D eigenvalue weighted by atomic mass is 35.5. The molecule has 1 atom stereocenters. The number of sulfone groups is 1. The number of halogens is 2. The number of benzene rings is 1. The molecule has 0 saturated carbocycles. The van der Waals surface area contributed by atoms with Crippen molar-refractivity contribution < 1.29 is 8.42 Å². The molecule has 1 aromatic heterocycles. The van der Waals surface area contributed by atoms with Gasteiger partial charge in [-0.1, -0.05) is 41.0 Å². The maximum atomic E-state index is 11.6. The molecule has 1 aliphatic heterocycles. The Hall–Kier alpha value is -0.760. The first-order valence-corrected chi connectivity index (χ1v) is 10.6. The van der Waals surface area contributed by atoms with E-state index in [4.69, 9.17) is 23.2 Å². The van der Waals surface area contributed by atoms with Crippen molar-refractivity contribution in [2.24, 2.45) is 7.05 Å². The minimum Gasteiger partial charge on any atom is -0.309 e. The summed E-state index contributed by atoms with van der Waals surface area (Å²) in [5.74, 6) is 1.76. The quantitative estimate of drug-likeness (QED) is 0.747. The molecular weight excluding hydrogens is 377 g/mol. The molecule has 1 unspecified atom stereocenters. The van der Waals surface area contributed by atoms with Crippen LogP contribution >= 0.6 is 35.0 Å². The highest BCUT2D eigenvalue weighted by Crippen LogP contribution is 2.31. The molecule has 23 heavy (non-hydrogen) atoms. The molecule has 124 valence electrons. The first kappa shape index (κ1) is 17.1. The molecule has 1 aromatic carbocycles. The van der Waals surface area contributed by atoms with E-state index < -0.39 is 9.84 Å². The van der Waals surface area contributed by atoms with Crippen LogP contribution in [0.25, 0.3) is 0 Å². The van der Waals surface area contributed by atoms with Crippen LogP contribution in [0.1, 0.15) is 23.7 Å². The normalized spacial score (nSPS) is 20.0. The minimum atomic E-state index is -2.93. The third-order valence-corrected chi connectivity index (χ3v) is 7.42. The van der Waals surface area contributed by atoms with E-state index in [9.17, 15) is 8.42 Å². The van der Waals surface area contributed by atoms with Crippen LogP contribution in [-0.4, -0.2) is 34.7 Å². The van der Waals surface area contributed by atoms with E-state index in [0.717, 1.165) is 16.5 Å². The molecule has 0 bridgehead atoms. The third-order valence-electron chi connectivity index (χ3n) is 3.82. The molecule has 0 N–H and O–H groups in total. The molecule has 2 aromatic rings. The monoisotopic (exact) mass is 391 g/mol. The van der Waals surface area contributed by atoms with Crippen LogP contribution in [0.4, 0.5) is 0 Å². The van der Waals surface area contributed by atoms with Gasteiger partial charge in [0.15, 0.2) is 15.0 Å². The van der Waals surface area contributed by atoms with Crippen molar-refractivity contribution in [1.82, 2.24) is 14.8 Å². The summed E-state index contributed by atoms with van der Waals surface area (Å²) in [5, 5.41) is 10.2. The van der Waals surface area contributed by atoms with Crippen molar-refractivity contribution in [3.05, 3.63) is 39.6 Å². The summed E-state index contributed by atoms with van der Waals surface area (Å²) in [7, 11) is -1.06. The van der Waals surface area contributed by atoms with Crippen molar-refractivity contribution in [3.8, 4) is 0 Å². The number of hydrogen-bond donors (Lipinski definition) is 0. The average Bonchev–Trinajstić information content (AvgIpc) is 3.03. The fraction of sp³-hybridized carbons (Fsp3) is 0.429. The molecular formula is C14H15Cl2N3O2S2. The van der Waals surface area contributed by atoms with Gasteiger partial charge in [0, 0.05) is 18.7 Å². The van der Waals surface area contributed by atoms with E-state index in [1.165, 1.54) is 11.8 Å². The second kappa shape index (κ2) is 6.63. The Morgan fingerprint density at radius 2 is 2.09 bits per heavy atom. The van der Waals surface area contributed by atoms with Gasteiger partial charge in [0.05, 0.1) is 21.6 Å². The summed E-state index contributed by atoms with van der Waals surface area (Å²) in [6.45, 7) is 0. The largest absolute Gasteiger partial charge is 0.309 e. The Balaban J connectivity index is 1.71. The van der Waals surface area contributed by atoms with Crippen LogP contribution in [0, 0.1) is 0 Å². The highest BCUT2D eigenvalue weighted by Gasteiger charge is 2.32. The Morgan fingerprint density at radius 3 is 2.74 bits per heavy atom. The lowest BCUT2D eigenvalue weighted by atomic mass is 10.1. The summed E-state index contributed by atoms with van der Waals surface area (Å²) >= 11 is 13.5. The zero-order chi connectivity index (χ0) is 16.6. The minimum absolute atomic E-state index is 0.0585. The van der Waals surface area contributed by atoms with E-state index in [-0.39, 0.29) is 17.4 Å². The van der Waals surface area contributed by atoms with Gasteiger partial charge in [0.2, 0.25) is 0 Å². The Labute approximate surface area is 149 Å². The number of thioether (sulfide) groups is 1. The second-order valence-corrected chi connectivity index (χ2v) is 9.52. The summed E-state index contributed by atoms with van der Waals surface area (Å²) in [6, 6.07) is 5.52. The van der Waals surface area contributed by atoms with Crippen molar-refractivity contribution >= 4 is 44.8 Å². The van der Waals surface area contributed by atoms with Gasteiger partial charge in [-0.05, 0) is 24.1 Å². The molecule has 0 radical (unpaired) electrons. The lowest BCUT2D eigenvalue weighted by Crippen LogP contribution is -2.09. The van der Waals surface area contributed by atoms with Crippen LogP contribution in [0.3, 0.4) is 0 Å². The summed E-state index contributed by atoms with van der Waals surface area (Å²) in [4.78, 5) is 0. The SMILES string of the molecule is Cn1c(SCc2ccc(Cl)c(Cl)c2)nnc1C1CCS(=O)(=O)C1. The van der Waals surface area contributed by atoms with E-state index in [1.807, 2.05) is 23.7 Å². The zero-order valence-electron chi connectivity index (χ0n) is 12.4. The fourth-order valence-electron chi connectivity index (χ4n) is 2.58. The lowest BCUT2D eigenvalue weighted by Gasteiger charge is -2.08. The topological polar surface area (TPSA) is 64.8 Å². The van der Waals surface area contributed by atoms with Gasteiger partial charge < -0.3 is 4.57 Å². The van der Waals surface area contributed by atoms with E-state index in [2.05, 4.69) is 10.2 Å². The van der Waals surface area contributed by atoms with Crippen LogP contribution in [0.2, 0.25) is 10.0 Å². The van der Waals surface area contributed by atoms with Crippen molar-refractivity contribution in [3.63, 3.8) is 0 Å². The van der Waals surface area contributed by atoms with Gasteiger partial charge in [-0.3, -0.25) is 0 Å². The number of rotatable bonds is 4. The van der Waals surface area contributed by atoms with Gasteiger partial charge in [-0.25, -0.2) is 8.42 Å². The number of aromatic nitrogens is 3. The zero-order valence-corrected chi connectivity index (χ0v) is 15.5. The van der Waals surface area contributed by atoms with E-state index >= 15 is 0 Å². The summed E-state index contributed by atoms with van der Waals surface area (Å²) in [5.41, 5.74) is 1.04. The van der Waals surface area contributed by atoms with Gasteiger partial charge in [-0.2, -0.15) is 0 Å². The van der Waals surface area contributed by atoms with Gasteiger partial charge in [0.1, 0.15) is 5.82 Å². The van der Waals surface area contributed by atoms with Gasteiger partial charge in [-0.15, -0.1) is 10.2 Å². The van der Waals surface area contributed by atoms with Crippen molar-refractivity contribution in [1.29, 1.82) is 0 Å². The lowest BCUT2D eigenvalue weighted by molar-refractivity contribution is 0.599. The average molecular weight is 392 g/mol. The molecule has 5 nitrogen and oxygen atoms in total. The number of nitrogens with zero attached hydrogens (tertiary/aromatic N) is 3. The second-order valence-electron chi connectivity index (χ2n) is 5.54. The third kappa shape index (κ3) is 3.84. The maximum Gasteiger partial charge on any atom is 0.191 e. The number of hydrogen-bond acceptors (Lipinski definition) is 5. The Kier molecular flexibility index (Phi) is 4.92. The van der Waals surface area contributed by atoms with Crippen LogP contribution in [0.5, 0.6) is 0 Å². The predicted molar refractivity (Wildman–Crippen MR) is 93.0 cm³/mol.